The number of amides is 1. The van der Waals surface area contributed by atoms with E-state index in [1.165, 1.54) is 17.5 Å². The largest absolute Gasteiger partial charge is 0.355 e. The fraction of sp³-hybridized carbons (Fsp3) is 0.688. The van der Waals surface area contributed by atoms with Crippen molar-refractivity contribution < 1.29 is 4.79 Å². The van der Waals surface area contributed by atoms with Gasteiger partial charge in [-0.1, -0.05) is 12.8 Å². The predicted octanol–water partition coefficient (Wildman–Crippen LogP) is 1.14. The summed E-state index contributed by atoms with van der Waals surface area (Å²) in [6.07, 6.45) is 6.61. The SMILES string of the molecule is O=C(C1CCN(c2ccc3nnnn3n2)CC1)N1CCCCCC1. The number of aromatic nitrogens is 5. The molecule has 2 fully saturated rings. The normalized spacial score (nSPS) is 20.3. The lowest BCUT2D eigenvalue weighted by atomic mass is 9.95. The Morgan fingerprint density at radius 3 is 2.50 bits per heavy atom. The van der Waals surface area contributed by atoms with Crippen LogP contribution in [0.15, 0.2) is 12.1 Å². The molecule has 4 rings (SSSR count). The molecule has 0 N–H and O–H groups in total. The molecule has 4 heterocycles. The fourth-order valence-electron chi connectivity index (χ4n) is 3.71. The summed E-state index contributed by atoms with van der Waals surface area (Å²) >= 11 is 0. The van der Waals surface area contributed by atoms with Crippen molar-refractivity contribution in [3.05, 3.63) is 12.1 Å². The molecule has 8 nitrogen and oxygen atoms in total. The summed E-state index contributed by atoms with van der Waals surface area (Å²) < 4.78 is 1.45. The summed E-state index contributed by atoms with van der Waals surface area (Å²) in [4.78, 5) is 17.1. The van der Waals surface area contributed by atoms with Crippen LogP contribution in [0.2, 0.25) is 0 Å². The summed E-state index contributed by atoms with van der Waals surface area (Å²) in [6, 6.07) is 3.82. The molecule has 0 saturated carbocycles. The number of carbonyl (C=O) groups excluding carboxylic acids is 1. The zero-order valence-corrected chi connectivity index (χ0v) is 13.8. The van der Waals surface area contributed by atoms with E-state index in [0.717, 1.165) is 57.7 Å². The quantitative estimate of drug-likeness (QED) is 0.822. The standard InChI is InChI=1S/C16H23N7O/c24-16(22-9-3-1-2-4-10-22)13-7-11-21(12-8-13)15-6-5-14-17-19-20-23(14)18-15/h5-6,13H,1-4,7-12H2. The Labute approximate surface area is 140 Å². The van der Waals surface area contributed by atoms with E-state index in [9.17, 15) is 4.79 Å². The first kappa shape index (κ1) is 15.3. The number of nitrogens with zero attached hydrogens (tertiary/aromatic N) is 7. The summed E-state index contributed by atoms with van der Waals surface area (Å²) in [6.45, 7) is 3.59. The van der Waals surface area contributed by atoms with E-state index in [4.69, 9.17) is 0 Å². The lowest BCUT2D eigenvalue weighted by Crippen LogP contribution is -2.43. The number of likely N-dealkylation sites (tertiary alicyclic amines) is 1. The van der Waals surface area contributed by atoms with Gasteiger partial charge in [0.05, 0.1) is 0 Å². The first-order chi connectivity index (χ1) is 11.8. The molecular formula is C16H23N7O. The van der Waals surface area contributed by atoms with Crippen molar-refractivity contribution in [3.63, 3.8) is 0 Å². The van der Waals surface area contributed by atoms with Gasteiger partial charge in [0, 0.05) is 32.1 Å². The van der Waals surface area contributed by atoms with E-state index in [1.54, 1.807) is 0 Å². The summed E-state index contributed by atoms with van der Waals surface area (Å²) in [5.41, 5.74) is 0.643. The van der Waals surface area contributed by atoms with E-state index in [-0.39, 0.29) is 5.92 Å². The molecule has 8 heteroatoms. The molecule has 0 unspecified atom stereocenters. The van der Waals surface area contributed by atoms with E-state index < -0.39 is 0 Å². The van der Waals surface area contributed by atoms with Gasteiger partial charge >= 0.3 is 0 Å². The molecule has 2 aromatic rings. The van der Waals surface area contributed by atoms with Gasteiger partial charge in [-0.2, -0.15) is 0 Å². The molecule has 1 amide bonds. The molecule has 24 heavy (non-hydrogen) atoms. The van der Waals surface area contributed by atoms with Crippen molar-refractivity contribution in [2.75, 3.05) is 31.1 Å². The molecule has 2 saturated heterocycles. The molecule has 2 aliphatic rings. The first-order valence-corrected chi connectivity index (χ1v) is 8.90. The third-order valence-corrected chi connectivity index (χ3v) is 5.14. The van der Waals surface area contributed by atoms with E-state index in [2.05, 4.69) is 30.4 Å². The number of carbonyl (C=O) groups is 1. The average Bonchev–Trinajstić information content (AvgIpc) is 2.93. The molecule has 2 aliphatic heterocycles. The molecular weight excluding hydrogens is 306 g/mol. The van der Waals surface area contributed by atoms with Crippen molar-refractivity contribution in [2.24, 2.45) is 5.92 Å². The average molecular weight is 329 g/mol. The topological polar surface area (TPSA) is 79.5 Å². The van der Waals surface area contributed by atoms with Crippen LogP contribution in [0.4, 0.5) is 5.82 Å². The molecule has 0 aliphatic carbocycles. The highest BCUT2D eigenvalue weighted by molar-refractivity contribution is 5.79. The van der Waals surface area contributed by atoms with Gasteiger partial charge in [-0.15, -0.1) is 14.8 Å². The van der Waals surface area contributed by atoms with Crippen LogP contribution in [0.3, 0.4) is 0 Å². The van der Waals surface area contributed by atoms with Gasteiger partial charge in [-0.3, -0.25) is 4.79 Å². The lowest BCUT2D eigenvalue weighted by Gasteiger charge is -2.34. The first-order valence-electron chi connectivity index (χ1n) is 8.90. The number of piperidine rings is 1. The Balaban J connectivity index is 1.38. The van der Waals surface area contributed by atoms with Crippen LogP contribution in [0.1, 0.15) is 38.5 Å². The number of tetrazole rings is 1. The number of hydrogen-bond acceptors (Lipinski definition) is 6. The zero-order chi connectivity index (χ0) is 16.4. The van der Waals surface area contributed by atoms with Crippen LogP contribution >= 0.6 is 0 Å². The summed E-state index contributed by atoms with van der Waals surface area (Å²) in [5, 5.41) is 15.8. The molecule has 0 atom stereocenters. The minimum absolute atomic E-state index is 0.163. The smallest absolute Gasteiger partial charge is 0.225 e. The molecule has 0 aromatic carbocycles. The Morgan fingerprint density at radius 2 is 1.75 bits per heavy atom. The van der Waals surface area contributed by atoms with Crippen molar-refractivity contribution in [1.29, 1.82) is 0 Å². The molecule has 128 valence electrons. The summed E-state index contributed by atoms with van der Waals surface area (Å²) in [5.74, 6) is 1.40. The molecule has 0 spiro atoms. The van der Waals surface area contributed by atoms with Crippen molar-refractivity contribution >= 4 is 17.4 Å². The Bertz CT molecular complexity index is 699. The van der Waals surface area contributed by atoms with E-state index in [1.807, 2.05) is 12.1 Å². The number of rotatable bonds is 2. The van der Waals surface area contributed by atoms with E-state index >= 15 is 0 Å². The maximum Gasteiger partial charge on any atom is 0.225 e. The van der Waals surface area contributed by atoms with Crippen molar-refractivity contribution in [1.82, 2.24) is 30.2 Å². The lowest BCUT2D eigenvalue weighted by molar-refractivity contribution is -0.136. The molecule has 2 aromatic heterocycles. The number of hydrogen-bond donors (Lipinski definition) is 0. The molecule has 0 radical (unpaired) electrons. The number of fused-ring (bicyclic) bond motifs is 1. The van der Waals surface area contributed by atoms with Crippen molar-refractivity contribution in [2.45, 2.75) is 38.5 Å². The van der Waals surface area contributed by atoms with Crippen LogP contribution < -0.4 is 4.90 Å². The molecule has 0 bridgehead atoms. The maximum absolute atomic E-state index is 12.8. The second kappa shape index (κ2) is 6.70. The Hall–Kier alpha value is -2.25. The highest BCUT2D eigenvalue weighted by atomic mass is 16.2. The van der Waals surface area contributed by atoms with Crippen LogP contribution in [0.25, 0.3) is 5.65 Å². The highest BCUT2D eigenvalue weighted by Crippen LogP contribution is 2.24. The van der Waals surface area contributed by atoms with Gasteiger partial charge in [0.25, 0.3) is 0 Å². The monoisotopic (exact) mass is 329 g/mol. The van der Waals surface area contributed by atoms with E-state index in [0.29, 0.717) is 11.6 Å². The Morgan fingerprint density at radius 1 is 1.00 bits per heavy atom. The minimum atomic E-state index is 0.163. The van der Waals surface area contributed by atoms with Gasteiger partial charge in [0.1, 0.15) is 0 Å². The number of anilines is 1. The highest BCUT2D eigenvalue weighted by Gasteiger charge is 2.29. The zero-order valence-electron chi connectivity index (χ0n) is 13.8. The third kappa shape index (κ3) is 3.05. The second-order valence-corrected chi connectivity index (χ2v) is 6.72. The van der Waals surface area contributed by atoms with Gasteiger partial charge in [0.2, 0.25) is 5.91 Å². The van der Waals surface area contributed by atoms with Gasteiger partial charge in [-0.25, -0.2) is 0 Å². The van der Waals surface area contributed by atoms with Crippen LogP contribution in [-0.2, 0) is 4.79 Å². The maximum atomic E-state index is 12.8. The minimum Gasteiger partial charge on any atom is -0.355 e. The van der Waals surface area contributed by atoms with Crippen LogP contribution in [0.5, 0.6) is 0 Å². The summed E-state index contributed by atoms with van der Waals surface area (Å²) in [7, 11) is 0. The fourth-order valence-corrected chi connectivity index (χ4v) is 3.71. The van der Waals surface area contributed by atoms with Crippen LogP contribution in [-0.4, -0.2) is 62.2 Å². The van der Waals surface area contributed by atoms with Gasteiger partial charge in [0.15, 0.2) is 11.5 Å². The van der Waals surface area contributed by atoms with Gasteiger partial charge < -0.3 is 9.80 Å². The van der Waals surface area contributed by atoms with Gasteiger partial charge in [-0.05, 0) is 48.2 Å². The Kier molecular flexibility index (Phi) is 4.27. The third-order valence-electron chi connectivity index (χ3n) is 5.14. The predicted molar refractivity (Wildman–Crippen MR) is 88.6 cm³/mol. The second-order valence-electron chi connectivity index (χ2n) is 6.72. The van der Waals surface area contributed by atoms with Crippen LogP contribution in [0, 0.1) is 5.92 Å². The van der Waals surface area contributed by atoms with Crippen molar-refractivity contribution in [3.8, 4) is 0 Å².